The van der Waals surface area contributed by atoms with Crippen molar-refractivity contribution >= 4 is 23.3 Å². The second kappa shape index (κ2) is 6.37. The number of anilines is 1. The van der Waals surface area contributed by atoms with E-state index in [1.54, 1.807) is 11.8 Å². The molecule has 1 aliphatic rings. The summed E-state index contributed by atoms with van der Waals surface area (Å²) in [7, 11) is 0. The predicted molar refractivity (Wildman–Crippen MR) is 82.7 cm³/mol. The van der Waals surface area contributed by atoms with Crippen LogP contribution in [0.2, 0.25) is 0 Å². The number of nitrogens with two attached hydrogens (primary N) is 1. The van der Waals surface area contributed by atoms with Crippen molar-refractivity contribution < 1.29 is 10.3 Å². The number of aliphatic hydroxyl groups is 1. The van der Waals surface area contributed by atoms with E-state index in [1.165, 1.54) is 0 Å². The molecule has 5 nitrogen and oxygen atoms in total. The number of hydrogen-bond donors (Lipinski definition) is 3. The van der Waals surface area contributed by atoms with Gasteiger partial charge in [0.25, 0.3) is 0 Å². The average molecular weight is 295 g/mol. The Bertz CT molecular complexity index is 505. The van der Waals surface area contributed by atoms with Gasteiger partial charge in [-0.25, -0.2) is 0 Å². The zero-order valence-corrected chi connectivity index (χ0v) is 12.6. The highest BCUT2D eigenvalue weighted by Gasteiger charge is 2.28. The molecule has 2 rings (SSSR count). The van der Waals surface area contributed by atoms with Crippen LogP contribution in [0.3, 0.4) is 0 Å². The second-order valence-electron chi connectivity index (χ2n) is 5.08. The van der Waals surface area contributed by atoms with Gasteiger partial charge in [-0.15, -0.1) is 11.8 Å². The first-order valence-corrected chi connectivity index (χ1v) is 7.88. The van der Waals surface area contributed by atoms with E-state index in [0.29, 0.717) is 0 Å². The zero-order chi connectivity index (χ0) is 14.7. The number of amidine groups is 1. The summed E-state index contributed by atoms with van der Waals surface area (Å²) in [4.78, 5) is 3.18. The summed E-state index contributed by atoms with van der Waals surface area (Å²) in [5.41, 5.74) is 7.58. The van der Waals surface area contributed by atoms with Crippen LogP contribution in [0.15, 0.2) is 28.3 Å². The molecule has 1 aliphatic heterocycles. The molecule has 1 heterocycles. The maximum Gasteiger partial charge on any atom is 0.173 e. The van der Waals surface area contributed by atoms with Crippen molar-refractivity contribution in [2.75, 3.05) is 24.2 Å². The summed E-state index contributed by atoms with van der Waals surface area (Å²) in [5.74, 6) is 0.401. The van der Waals surface area contributed by atoms with E-state index in [-0.39, 0.29) is 17.9 Å². The number of oxime groups is 1. The first kappa shape index (κ1) is 15.0. The van der Waals surface area contributed by atoms with E-state index in [0.717, 1.165) is 35.7 Å². The van der Waals surface area contributed by atoms with Crippen molar-refractivity contribution in [3.8, 4) is 0 Å². The fourth-order valence-corrected chi connectivity index (χ4v) is 3.29. The molecule has 6 heteroatoms. The molecular formula is C14H21N3O2S. The molecule has 0 radical (unpaired) electrons. The molecule has 2 atom stereocenters. The third-order valence-electron chi connectivity index (χ3n) is 3.84. The van der Waals surface area contributed by atoms with Crippen LogP contribution < -0.4 is 10.6 Å². The van der Waals surface area contributed by atoms with Gasteiger partial charge in [0, 0.05) is 29.6 Å². The number of thioether (sulfide) groups is 1. The first-order chi connectivity index (χ1) is 9.58. The lowest BCUT2D eigenvalue weighted by Crippen LogP contribution is -2.27. The fourth-order valence-electron chi connectivity index (χ4n) is 2.66. The smallest absolute Gasteiger partial charge is 0.173 e. The summed E-state index contributed by atoms with van der Waals surface area (Å²) in [6.45, 7) is 3.50. The molecule has 0 bridgehead atoms. The molecule has 1 saturated heterocycles. The number of aliphatic hydroxyl groups excluding tert-OH is 1. The summed E-state index contributed by atoms with van der Waals surface area (Å²) >= 11 is 1.57. The van der Waals surface area contributed by atoms with E-state index >= 15 is 0 Å². The lowest BCUT2D eigenvalue weighted by Gasteiger charge is -2.23. The van der Waals surface area contributed by atoms with Crippen LogP contribution in [-0.4, -0.2) is 41.6 Å². The van der Waals surface area contributed by atoms with Crippen molar-refractivity contribution in [2.45, 2.75) is 24.3 Å². The fraction of sp³-hybridized carbons (Fsp3) is 0.500. The van der Waals surface area contributed by atoms with Gasteiger partial charge in [-0.3, -0.25) is 0 Å². The molecule has 2 unspecified atom stereocenters. The molecule has 20 heavy (non-hydrogen) atoms. The van der Waals surface area contributed by atoms with E-state index in [4.69, 9.17) is 10.9 Å². The Labute approximate surface area is 123 Å². The standard InChI is InChI=1S/C14H21N3O2S/c1-9(18)10-6-7-17(8-10)11-4-3-5-12(20-2)13(11)14(15)16-19/h3-5,9-10,18-19H,6-8H2,1-2H3,(H2,15,16). The van der Waals surface area contributed by atoms with Gasteiger partial charge in [-0.05, 0) is 31.7 Å². The molecule has 1 aromatic rings. The van der Waals surface area contributed by atoms with Crippen molar-refractivity contribution in [1.82, 2.24) is 0 Å². The molecule has 0 aromatic heterocycles. The zero-order valence-electron chi connectivity index (χ0n) is 11.8. The Kier molecular flexibility index (Phi) is 4.77. The van der Waals surface area contributed by atoms with Crippen molar-refractivity contribution in [3.05, 3.63) is 23.8 Å². The highest BCUT2D eigenvalue weighted by Crippen LogP contribution is 2.33. The highest BCUT2D eigenvalue weighted by molar-refractivity contribution is 7.98. The third-order valence-corrected chi connectivity index (χ3v) is 4.62. The lowest BCUT2D eigenvalue weighted by molar-refractivity contribution is 0.136. The Balaban J connectivity index is 2.37. The van der Waals surface area contributed by atoms with Crippen LogP contribution in [0.5, 0.6) is 0 Å². The minimum atomic E-state index is -0.309. The monoisotopic (exact) mass is 295 g/mol. The molecule has 0 spiro atoms. The van der Waals surface area contributed by atoms with Gasteiger partial charge in [-0.1, -0.05) is 11.2 Å². The molecule has 1 fully saturated rings. The quantitative estimate of drug-likeness (QED) is 0.259. The summed E-state index contributed by atoms with van der Waals surface area (Å²) in [5, 5.41) is 21.9. The van der Waals surface area contributed by atoms with Gasteiger partial charge >= 0.3 is 0 Å². The molecule has 0 aliphatic carbocycles. The van der Waals surface area contributed by atoms with Gasteiger partial charge in [0.15, 0.2) is 5.84 Å². The third kappa shape index (κ3) is 2.86. The Morgan fingerprint density at radius 3 is 2.85 bits per heavy atom. The van der Waals surface area contributed by atoms with Gasteiger partial charge in [-0.2, -0.15) is 0 Å². The molecule has 0 saturated carbocycles. The molecule has 0 amide bonds. The van der Waals surface area contributed by atoms with Gasteiger partial charge in [0.1, 0.15) is 0 Å². The number of benzene rings is 1. The van der Waals surface area contributed by atoms with Crippen molar-refractivity contribution in [1.29, 1.82) is 0 Å². The predicted octanol–water partition coefficient (Wildman–Crippen LogP) is 1.71. The van der Waals surface area contributed by atoms with Crippen LogP contribution in [0.1, 0.15) is 18.9 Å². The molecule has 1 aromatic carbocycles. The summed E-state index contributed by atoms with van der Waals surface area (Å²) < 4.78 is 0. The highest BCUT2D eigenvalue weighted by atomic mass is 32.2. The minimum Gasteiger partial charge on any atom is -0.409 e. The van der Waals surface area contributed by atoms with E-state index in [2.05, 4.69) is 10.1 Å². The SMILES string of the molecule is CSc1cccc(N2CCC(C(C)O)C2)c1/C(N)=N/O. The van der Waals surface area contributed by atoms with Crippen LogP contribution in [0, 0.1) is 5.92 Å². The molecular weight excluding hydrogens is 274 g/mol. The number of hydrogen-bond acceptors (Lipinski definition) is 5. The van der Waals surface area contributed by atoms with E-state index in [1.807, 2.05) is 31.4 Å². The maximum atomic E-state index is 9.72. The van der Waals surface area contributed by atoms with Crippen LogP contribution in [0.25, 0.3) is 0 Å². The second-order valence-corrected chi connectivity index (χ2v) is 5.92. The normalized spacial score (nSPS) is 21.2. The van der Waals surface area contributed by atoms with E-state index < -0.39 is 0 Å². The van der Waals surface area contributed by atoms with Gasteiger partial charge in [0.05, 0.1) is 11.7 Å². The Hall–Kier alpha value is -1.40. The largest absolute Gasteiger partial charge is 0.409 e. The van der Waals surface area contributed by atoms with Crippen molar-refractivity contribution in [2.24, 2.45) is 16.8 Å². The molecule has 110 valence electrons. The first-order valence-electron chi connectivity index (χ1n) is 6.66. The minimum absolute atomic E-state index is 0.130. The summed E-state index contributed by atoms with van der Waals surface area (Å²) in [6.07, 6.45) is 2.61. The van der Waals surface area contributed by atoms with Crippen LogP contribution >= 0.6 is 11.8 Å². The lowest BCUT2D eigenvalue weighted by atomic mass is 10.0. The maximum absolute atomic E-state index is 9.72. The van der Waals surface area contributed by atoms with Crippen molar-refractivity contribution in [3.63, 3.8) is 0 Å². The van der Waals surface area contributed by atoms with Crippen LogP contribution in [-0.2, 0) is 0 Å². The average Bonchev–Trinajstić information content (AvgIpc) is 2.95. The number of nitrogens with zero attached hydrogens (tertiary/aromatic N) is 2. The summed E-state index contributed by atoms with van der Waals surface area (Å²) in [6, 6.07) is 5.92. The molecule has 4 N–H and O–H groups in total. The number of rotatable bonds is 4. The van der Waals surface area contributed by atoms with Gasteiger partial charge < -0.3 is 20.9 Å². The van der Waals surface area contributed by atoms with E-state index in [9.17, 15) is 5.11 Å². The Morgan fingerprint density at radius 2 is 2.30 bits per heavy atom. The van der Waals surface area contributed by atoms with Gasteiger partial charge in [0.2, 0.25) is 0 Å². The topological polar surface area (TPSA) is 82.1 Å². The Morgan fingerprint density at radius 1 is 1.55 bits per heavy atom. The van der Waals surface area contributed by atoms with Crippen LogP contribution in [0.4, 0.5) is 5.69 Å².